The summed E-state index contributed by atoms with van der Waals surface area (Å²) in [5.74, 6) is 0.181. The number of carbonyl (C=O) groups is 1. The lowest BCUT2D eigenvalue weighted by Gasteiger charge is -2.46. The fourth-order valence-corrected chi connectivity index (χ4v) is 4.99. The number of nitrogen functional groups attached to an aromatic ring is 1. The van der Waals surface area contributed by atoms with Gasteiger partial charge in [0.2, 0.25) is 5.91 Å². The molecule has 22 heavy (non-hydrogen) atoms. The van der Waals surface area contributed by atoms with E-state index in [4.69, 9.17) is 17.3 Å². The van der Waals surface area contributed by atoms with Crippen LogP contribution in [0.5, 0.6) is 0 Å². The maximum absolute atomic E-state index is 12.1. The molecule has 1 unspecified atom stereocenters. The number of nitrogens with one attached hydrogen (secondary N) is 1. The summed E-state index contributed by atoms with van der Waals surface area (Å²) in [5, 5.41) is 3.72. The lowest BCUT2D eigenvalue weighted by atomic mass is 9.56. The van der Waals surface area contributed by atoms with E-state index in [1.165, 1.54) is 24.0 Å². The van der Waals surface area contributed by atoms with Crippen LogP contribution >= 0.6 is 11.6 Å². The van der Waals surface area contributed by atoms with Gasteiger partial charge in [0.15, 0.2) is 0 Å². The monoisotopic (exact) mass is 316 g/mol. The third-order valence-corrected chi connectivity index (χ3v) is 6.33. The normalized spacial score (nSPS) is 29.3. The number of carbonyl (C=O) groups excluding carboxylic acids is 1. The molecule has 1 atom stereocenters. The predicted molar refractivity (Wildman–Crippen MR) is 88.8 cm³/mol. The Bertz CT molecular complexity index is 676. The molecule has 2 fully saturated rings. The molecule has 1 saturated carbocycles. The molecule has 3 N–H and O–H groups in total. The van der Waals surface area contributed by atoms with Gasteiger partial charge >= 0.3 is 0 Å². The summed E-state index contributed by atoms with van der Waals surface area (Å²) in [7, 11) is 0. The number of hydrogen-bond acceptors (Lipinski definition) is 2. The van der Waals surface area contributed by atoms with E-state index in [9.17, 15) is 4.79 Å². The standard InChI is InChI=1S/C18H21ClN2O/c19-14-9-13(5-6-15(14)20)17(7-1-2-8-17)18(12-3-4-12)10-16(22)21-11-18/h3,5-6,9H,1-2,4,7-8,10-11,20H2,(H,21,22). The summed E-state index contributed by atoms with van der Waals surface area (Å²) in [6.07, 6.45) is 8.63. The number of benzene rings is 1. The largest absolute Gasteiger partial charge is 0.398 e. The first-order valence-electron chi connectivity index (χ1n) is 8.09. The van der Waals surface area contributed by atoms with Crippen LogP contribution in [0.4, 0.5) is 5.69 Å². The van der Waals surface area contributed by atoms with Crippen LogP contribution in [-0.4, -0.2) is 12.5 Å². The third kappa shape index (κ3) is 1.84. The van der Waals surface area contributed by atoms with Crippen molar-refractivity contribution in [3.63, 3.8) is 0 Å². The second-order valence-electron chi connectivity index (χ2n) is 6.99. The summed E-state index contributed by atoms with van der Waals surface area (Å²) in [6, 6.07) is 6.08. The highest BCUT2D eigenvalue weighted by Gasteiger charge is 2.59. The molecule has 1 heterocycles. The van der Waals surface area contributed by atoms with Gasteiger partial charge in [-0.3, -0.25) is 4.79 Å². The Labute approximate surface area is 135 Å². The minimum Gasteiger partial charge on any atom is -0.398 e. The van der Waals surface area contributed by atoms with Gasteiger partial charge < -0.3 is 11.1 Å². The number of anilines is 1. The number of amides is 1. The zero-order chi connectivity index (χ0) is 15.4. The van der Waals surface area contributed by atoms with Crippen LogP contribution < -0.4 is 11.1 Å². The van der Waals surface area contributed by atoms with Crippen LogP contribution in [0, 0.1) is 5.41 Å². The highest BCUT2D eigenvalue weighted by Crippen LogP contribution is 2.62. The van der Waals surface area contributed by atoms with Gasteiger partial charge in [0.25, 0.3) is 0 Å². The van der Waals surface area contributed by atoms with Gasteiger partial charge in [-0.1, -0.05) is 42.2 Å². The molecule has 0 aromatic heterocycles. The summed E-state index contributed by atoms with van der Waals surface area (Å²) in [4.78, 5) is 12.1. The Hall–Kier alpha value is -1.48. The molecule has 1 amide bonds. The highest BCUT2D eigenvalue weighted by molar-refractivity contribution is 6.33. The first kappa shape index (κ1) is 14.1. The van der Waals surface area contributed by atoms with Crippen LogP contribution in [0.1, 0.15) is 44.1 Å². The van der Waals surface area contributed by atoms with Crippen molar-refractivity contribution in [1.29, 1.82) is 0 Å². The third-order valence-electron chi connectivity index (χ3n) is 6.00. The van der Waals surface area contributed by atoms with E-state index in [0.717, 1.165) is 25.8 Å². The number of nitrogens with two attached hydrogens (primary N) is 1. The zero-order valence-electron chi connectivity index (χ0n) is 12.6. The summed E-state index contributed by atoms with van der Waals surface area (Å²) in [5.41, 5.74) is 9.21. The van der Waals surface area contributed by atoms with Gasteiger partial charge in [-0.25, -0.2) is 0 Å². The highest BCUT2D eigenvalue weighted by atomic mass is 35.5. The van der Waals surface area contributed by atoms with Gasteiger partial charge in [0, 0.05) is 23.8 Å². The molecule has 3 aliphatic rings. The Kier molecular flexibility index (Phi) is 3.06. The average Bonchev–Trinajstić information content (AvgIpc) is 3.09. The van der Waals surface area contributed by atoms with Crippen LogP contribution in [0.2, 0.25) is 5.02 Å². The van der Waals surface area contributed by atoms with Crippen molar-refractivity contribution in [3.8, 4) is 0 Å². The van der Waals surface area contributed by atoms with Crippen LogP contribution in [-0.2, 0) is 10.2 Å². The maximum atomic E-state index is 12.1. The van der Waals surface area contributed by atoms with Gasteiger partial charge in [-0.05, 0) is 37.0 Å². The lowest BCUT2D eigenvalue weighted by Crippen LogP contribution is -2.45. The van der Waals surface area contributed by atoms with E-state index in [-0.39, 0.29) is 16.7 Å². The molecular formula is C18H21ClN2O. The van der Waals surface area contributed by atoms with E-state index >= 15 is 0 Å². The Morgan fingerprint density at radius 3 is 2.45 bits per heavy atom. The molecule has 0 bridgehead atoms. The van der Waals surface area contributed by atoms with Crippen LogP contribution in [0.25, 0.3) is 0 Å². The number of hydrogen-bond donors (Lipinski definition) is 2. The van der Waals surface area contributed by atoms with Crippen molar-refractivity contribution in [3.05, 3.63) is 40.4 Å². The van der Waals surface area contributed by atoms with E-state index in [0.29, 0.717) is 17.1 Å². The molecule has 0 radical (unpaired) electrons. The topological polar surface area (TPSA) is 55.1 Å². The molecule has 4 heteroatoms. The fourth-order valence-electron chi connectivity index (χ4n) is 4.81. The van der Waals surface area contributed by atoms with Crippen molar-refractivity contribution in [2.75, 3.05) is 12.3 Å². The molecule has 3 nitrogen and oxygen atoms in total. The first-order valence-corrected chi connectivity index (χ1v) is 8.47. The van der Waals surface area contributed by atoms with Crippen molar-refractivity contribution in [2.24, 2.45) is 5.41 Å². The second-order valence-corrected chi connectivity index (χ2v) is 7.40. The van der Waals surface area contributed by atoms with Crippen molar-refractivity contribution in [1.82, 2.24) is 5.32 Å². The van der Waals surface area contributed by atoms with E-state index < -0.39 is 0 Å². The summed E-state index contributed by atoms with van der Waals surface area (Å²) in [6.45, 7) is 0.764. The van der Waals surface area contributed by atoms with Gasteiger partial charge in [-0.15, -0.1) is 0 Å². The van der Waals surface area contributed by atoms with Crippen molar-refractivity contribution < 1.29 is 4.79 Å². The molecule has 1 aliphatic heterocycles. The summed E-state index contributed by atoms with van der Waals surface area (Å²) >= 11 is 6.31. The van der Waals surface area contributed by atoms with E-state index in [2.05, 4.69) is 17.5 Å². The molecular weight excluding hydrogens is 296 g/mol. The zero-order valence-corrected chi connectivity index (χ0v) is 13.4. The second kappa shape index (κ2) is 4.76. The van der Waals surface area contributed by atoms with Crippen molar-refractivity contribution in [2.45, 2.75) is 43.9 Å². The average molecular weight is 317 g/mol. The number of allylic oxidation sites excluding steroid dienone is 1. The van der Waals surface area contributed by atoms with Gasteiger partial charge in [-0.2, -0.15) is 0 Å². The summed E-state index contributed by atoms with van der Waals surface area (Å²) < 4.78 is 0. The van der Waals surface area contributed by atoms with E-state index in [1.54, 1.807) is 0 Å². The predicted octanol–water partition coefficient (Wildman–Crippen LogP) is 3.57. The molecule has 1 aromatic rings. The minimum atomic E-state index is -0.0555. The van der Waals surface area contributed by atoms with Gasteiger partial charge in [0.05, 0.1) is 10.7 Å². The van der Waals surface area contributed by atoms with Gasteiger partial charge in [0.1, 0.15) is 0 Å². The number of halogens is 1. The molecule has 0 spiro atoms. The Morgan fingerprint density at radius 2 is 1.91 bits per heavy atom. The molecule has 1 aromatic carbocycles. The minimum absolute atomic E-state index is 0.0197. The number of rotatable bonds is 3. The smallest absolute Gasteiger partial charge is 0.221 e. The SMILES string of the molecule is Nc1ccc(C2(C3(C4=CC4)CNC(=O)C3)CCCC2)cc1Cl. The van der Waals surface area contributed by atoms with Crippen molar-refractivity contribution >= 4 is 23.2 Å². The molecule has 4 rings (SSSR count). The first-order chi connectivity index (χ1) is 10.6. The quantitative estimate of drug-likeness (QED) is 0.661. The lowest BCUT2D eigenvalue weighted by molar-refractivity contribution is -0.119. The molecule has 1 saturated heterocycles. The fraction of sp³-hybridized carbons (Fsp3) is 0.500. The van der Waals surface area contributed by atoms with E-state index in [1.807, 2.05) is 12.1 Å². The van der Waals surface area contributed by atoms with Crippen LogP contribution in [0.15, 0.2) is 29.8 Å². The molecule has 2 aliphatic carbocycles. The maximum Gasteiger partial charge on any atom is 0.221 e. The van der Waals surface area contributed by atoms with Crippen LogP contribution in [0.3, 0.4) is 0 Å². The Morgan fingerprint density at radius 1 is 1.18 bits per heavy atom. The molecule has 116 valence electrons. The Balaban J connectivity index is 1.87.